The lowest BCUT2D eigenvalue weighted by Gasteiger charge is -2.12. The number of nitrogens with two attached hydrogens (primary N) is 1. The van der Waals surface area contributed by atoms with E-state index in [4.69, 9.17) is 9.88 Å². The fraction of sp³-hybridized carbons (Fsp3) is 0.0714. The van der Waals surface area contributed by atoms with Crippen LogP contribution in [0.1, 0.15) is 10.4 Å². The second-order valence-electron chi connectivity index (χ2n) is 4.67. The van der Waals surface area contributed by atoms with Gasteiger partial charge in [0.1, 0.15) is 16.5 Å². The van der Waals surface area contributed by atoms with Gasteiger partial charge in [0.25, 0.3) is 0 Å². The summed E-state index contributed by atoms with van der Waals surface area (Å²) >= 11 is 0. The molecule has 132 valence electrons. The molecular weight excluding hydrogens is 359 g/mol. The molecular formula is C14H11FN2O7S. The van der Waals surface area contributed by atoms with E-state index in [0.29, 0.717) is 0 Å². The molecule has 0 aliphatic rings. The zero-order valence-corrected chi connectivity index (χ0v) is 13.4. The minimum absolute atomic E-state index is 0.0692. The fourth-order valence-corrected chi connectivity index (χ4v) is 2.59. The van der Waals surface area contributed by atoms with Crippen molar-refractivity contribution >= 4 is 21.7 Å². The highest BCUT2D eigenvalue weighted by atomic mass is 32.2. The predicted octanol–water partition coefficient (Wildman–Crippen LogP) is 1.96. The third kappa shape index (κ3) is 4.08. The molecule has 9 nitrogen and oxygen atoms in total. The molecule has 0 spiro atoms. The first-order valence-corrected chi connectivity index (χ1v) is 8.05. The van der Waals surface area contributed by atoms with Crippen LogP contribution in [0.4, 0.5) is 10.1 Å². The lowest BCUT2D eigenvalue weighted by atomic mass is 10.2. The third-order valence-electron chi connectivity index (χ3n) is 2.99. The zero-order valence-electron chi connectivity index (χ0n) is 12.6. The summed E-state index contributed by atoms with van der Waals surface area (Å²) in [4.78, 5) is 21.2. The molecule has 2 rings (SSSR count). The van der Waals surface area contributed by atoms with Crippen LogP contribution in [-0.4, -0.2) is 26.4 Å². The van der Waals surface area contributed by atoms with Crippen LogP contribution in [0.5, 0.6) is 11.5 Å². The molecule has 2 aromatic carbocycles. The molecule has 0 aliphatic carbocycles. The Morgan fingerprint density at radius 2 is 1.84 bits per heavy atom. The zero-order chi connectivity index (χ0) is 18.8. The van der Waals surface area contributed by atoms with E-state index in [1.807, 2.05) is 0 Å². The SMILES string of the molecule is COC(=O)c1cc([N+](=O)[O-])c(Oc2ccc(F)cc2)c(S(N)(=O)=O)c1. The molecule has 0 aliphatic heterocycles. The van der Waals surface area contributed by atoms with Crippen molar-refractivity contribution in [2.45, 2.75) is 4.90 Å². The van der Waals surface area contributed by atoms with Gasteiger partial charge in [-0.25, -0.2) is 22.7 Å². The highest BCUT2D eigenvalue weighted by molar-refractivity contribution is 7.89. The summed E-state index contributed by atoms with van der Waals surface area (Å²) < 4.78 is 46.2. The molecule has 0 amide bonds. The molecule has 0 heterocycles. The topological polar surface area (TPSA) is 139 Å². The van der Waals surface area contributed by atoms with Gasteiger partial charge in [-0.15, -0.1) is 0 Å². The molecule has 0 saturated carbocycles. The predicted molar refractivity (Wildman–Crippen MR) is 82.3 cm³/mol. The molecule has 0 saturated heterocycles. The number of primary sulfonamides is 1. The number of carbonyl (C=O) groups excluding carboxylic acids is 1. The van der Waals surface area contributed by atoms with Gasteiger partial charge >= 0.3 is 11.7 Å². The minimum atomic E-state index is -4.49. The molecule has 2 N–H and O–H groups in total. The number of nitrogens with zero attached hydrogens (tertiary/aromatic N) is 1. The lowest BCUT2D eigenvalue weighted by Crippen LogP contribution is -2.16. The maximum absolute atomic E-state index is 13.0. The second kappa shape index (κ2) is 6.83. The Morgan fingerprint density at radius 3 is 2.32 bits per heavy atom. The molecule has 0 fully saturated rings. The highest BCUT2D eigenvalue weighted by Crippen LogP contribution is 2.38. The van der Waals surface area contributed by atoms with E-state index >= 15 is 0 Å². The van der Waals surface area contributed by atoms with Gasteiger partial charge in [0.2, 0.25) is 15.8 Å². The van der Waals surface area contributed by atoms with Crippen molar-refractivity contribution in [3.63, 3.8) is 0 Å². The van der Waals surface area contributed by atoms with E-state index in [1.54, 1.807) is 0 Å². The van der Waals surface area contributed by atoms with Crippen LogP contribution >= 0.6 is 0 Å². The maximum Gasteiger partial charge on any atom is 0.338 e. The van der Waals surface area contributed by atoms with Crippen LogP contribution in [0.3, 0.4) is 0 Å². The lowest BCUT2D eigenvalue weighted by molar-refractivity contribution is -0.385. The quantitative estimate of drug-likeness (QED) is 0.482. The van der Waals surface area contributed by atoms with E-state index in [9.17, 15) is 27.7 Å². The van der Waals surface area contributed by atoms with Crippen LogP contribution < -0.4 is 9.88 Å². The summed E-state index contributed by atoms with van der Waals surface area (Å²) in [6, 6.07) is 5.90. The van der Waals surface area contributed by atoms with Gasteiger partial charge in [-0.1, -0.05) is 0 Å². The first-order valence-electron chi connectivity index (χ1n) is 6.50. The Hall–Kier alpha value is -3.05. The van der Waals surface area contributed by atoms with E-state index < -0.39 is 48.6 Å². The number of nitro benzene ring substituents is 1. The number of methoxy groups -OCH3 is 1. The summed E-state index contributed by atoms with van der Waals surface area (Å²) in [5.74, 6) is -2.36. The molecule has 0 aromatic heterocycles. The number of sulfonamides is 1. The van der Waals surface area contributed by atoms with Crippen LogP contribution in [0.15, 0.2) is 41.3 Å². The Kier molecular flexibility index (Phi) is 4.99. The highest BCUT2D eigenvalue weighted by Gasteiger charge is 2.29. The molecule has 0 radical (unpaired) electrons. The number of carbonyl (C=O) groups is 1. The summed E-state index contributed by atoms with van der Waals surface area (Å²) in [6.07, 6.45) is 0. The average Bonchev–Trinajstić information content (AvgIpc) is 2.55. The van der Waals surface area contributed by atoms with Crippen LogP contribution in [0, 0.1) is 15.9 Å². The van der Waals surface area contributed by atoms with Gasteiger partial charge in [0, 0.05) is 6.07 Å². The van der Waals surface area contributed by atoms with Crippen LogP contribution in [0.2, 0.25) is 0 Å². The molecule has 11 heteroatoms. The molecule has 0 unspecified atom stereocenters. The van der Waals surface area contributed by atoms with Gasteiger partial charge in [-0.2, -0.15) is 0 Å². The van der Waals surface area contributed by atoms with Crippen molar-refractivity contribution in [1.29, 1.82) is 0 Å². The number of nitro groups is 1. The Morgan fingerprint density at radius 1 is 1.24 bits per heavy atom. The molecule has 0 atom stereocenters. The van der Waals surface area contributed by atoms with Crippen LogP contribution in [-0.2, 0) is 14.8 Å². The number of hydrogen-bond donors (Lipinski definition) is 1. The second-order valence-corrected chi connectivity index (χ2v) is 6.20. The van der Waals surface area contributed by atoms with Gasteiger partial charge in [0.05, 0.1) is 17.6 Å². The van der Waals surface area contributed by atoms with Gasteiger partial charge in [-0.3, -0.25) is 10.1 Å². The van der Waals surface area contributed by atoms with E-state index in [-0.39, 0.29) is 5.75 Å². The van der Waals surface area contributed by atoms with Crippen LogP contribution in [0.25, 0.3) is 0 Å². The van der Waals surface area contributed by atoms with Crippen molar-refractivity contribution < 1.29 is 32.0 Å². The first kappa shape index (κ1) is 18.3. The van der Waals surface area contributed by atoms with Crippen molar-refractivity contribution in [3.8, 4) is 11.5 Å². The number of halogens is 1. The monoisotopic (exact) mass is 370 g/mol. The van der Waals surface area contributed by atoms with Crippen molar-refractivity contribution in [2.75, 3.05) is 7.11 Å². The van der Waals surface area contributed by atoms with Gasteiger partial charge in [0.15, 0.2) is 0 Å². The number of hydrogen-bond acceptors (Lipinski definition) is 7. The van der Waals surface area contributed by atoms with Gasteiger partial charge in [-0.05, 0) is 30.3 Å². The van der Waals surface area contributed by atoms with Crippen molar-refractivity contribution in [3.05, 3.63) is 57.9 Å². The molecule has 25 heavy (non-hydrogen) atoms. The third-order valence-corrected chi connectivity index (χ3v) is 3.91. The number of esters is 1. The summed E-state index contributed by atoms with van der Waals surface area (Å²) in [5, 5.41) is 16.4. The number of benzene rings is 2. The standard InChI is InChI=1S/C14H11FN2O7S/c1-23-14(18)8-6-11(17(19)20)13(12(7-8)25(16,21)22)24-10-4-2-9(15)3-5-10/h2-7H,1H3,(H2,16,21,22). The molecule has 0 bridgehead atoms. The number of rotatable bonds is 5. The maximum atomic E-state index is 13.0. The van der Waals surface area contributed by atoms with E-state index in [0.717, 1.165) is 43.5 Å². The van der Waals surface area contributed by atoms with E-state index in [1.165, 1.54) is 0 Å². The summed E-state index contributed by atoms with van der Waals surface area (Å²) in [6.45, 7) is 0. The minimum Gasteiger partial charge on any atom is -0.465 e. The van der Waals surface area contributed by atoms with Crippen molar-refractivity contribution in [1.82, 2.24) is 0 Å². The summed E-state index contributed by atoms with van der Waals surface area (Å²) in [7, 11) is -3.47. The molecule has 2 aromatic rings. The fourth-order valence-electron chi connectivity index (χ4n) is 1.89. The Labute approximate surface area is 141 Å². The average molecular weight is 370 g/mol. The Bertz CT molecular complexity index is 942. The number of ether oxygens (including phenoxy) is 2. The van der Waals surface area contributed by atoms with Gasteiger partial charge < -0.3 is 9.47 Å². The largest absolute Gasteiger partial charge is 0.465 e. The van der Waals surface area contributed by atoms with Crippen molar-refractivity contribution in [2.24, 2.45) is 5.14 Å². The first-order chi connectivity index (χ1) is 11.6. The van der Waals surface area contributed by atoms with E-state index in [2.05, 4.69) is 4.74 Å². The summed E-state index contributed by atoms with van der Waals surface area (Å²) in [5.41, 5.74) is -1.22. The Balaban J connectivity index is 2.72. The smallest absolute Gasteiger partial charge is 0.338 e. The normalized spacial score (nSPS) is 11.0.